The van der Waals surface area contributed by atoms with E-state index in [1.165, 1.54) is 0 Å². The normalized spacial score (nSPS) is 15.6. The fourth-order valence-electron chi connectivity index (χ4n) is 6.22. The third-order valence-electron chi connectivity index (χ3n) is 8.97. The van der Waals surface area contributed by atoms with Crippen molar-refractivity contribution in [3.63, 3.8) is 0 Å². The summed E-state index contributed by atoms with van der Waals surface area (Å²) in [6.45, 7) is 15.0. The molecule has 8 nitrogen and oxygen atoms in total. The smallest absolute Gasteiger partial charge is 0.410 e. The Hall–Kier alpha value is -3.39. The topological polar surface area (TPSA) is 100 Å². The van der Waals surface area contributed by atoms with Gasteiger partial charge in [0.15, 0.2) is 0 Å². The van der Waals surface area contributed by atoms with E-state index in [4.69, 9.17) is 42.4 Å². The van der Waals surface area contributed by atoms with Gasteiger partial charge >= 0.3 is 6.09 Å². The number of H-pyrrole nitrogens is 1. The fourth-order valence-corrected chi connectivity index (χ4v) is 7.29. The lowest BCUT2D eigenvalue weighted by molar-refractivity contribution is -0.0824. The van der Waals surface area contributed by atoms with Gasteiger partial charge in [0.05, 0.1) is 45.4 Å². The number of piperidine rings is 1. The van der Waals surface area contributed by atoms with Gasteiger partial charge in [0, 0.05) is 33.2 Å². The van der Waals surface area contributed by atoms with Crippen molar-refractivity contribution in [2.24, 2.45) is 0 Å². The lowest BCUT2D eigenvalue weighted by Gasteiger charge is -2.46. The number of nitrogens with zero attached hydrogens (tertiary/aromatic N) is 3. The fraction of sp³-hybridized carbons (Fsp3) is 0.447. The van der Waals surface area contributed by atoms with Crippen LogP contribution in [0.3, 0.4) is 0 Å². The highest BCUT2D eigenvalue weighted by Gasteiger charge is 2.45. The Morgan fingerprint density at radius 1 is 1.04 bits per heavy atom. The summed E-state index contributed by atoms with van der Waals surface area (Å²) in [7, 11) is -1.32. The van der Waals surface area contributed by atoms with Crippen LogP contribution in [0.2, 0.25) is 35.7 Å². The Labute approximate surface area is 300 Å². The second-order valence-corrected chi connectivity index (χ2v) is 21.5. The number of nitriles is 1. The number of amides is 1. The van der Waals surface area contributed by atoms with Crippen LogP contribution in [0.1, 0.15) is 50.6 Å². The Morgan fingerprint density at radius 2 is 1.73 bits per heavy atom. The highest BCUT2D eigenvalue weighted by molar-refractivity contribution is 6.76. The molecule has 1 N–H and O–H groups in total. The van der Waals surface area contributed by atoms with Crippen LogP contribution in [0.25, 0.3) is 22.2 Å². The summed E-state index contributed by atoms with van der Waals surface area (Å²) in [5.74, 6) is 0.662. The van der Waals surface area contributed by atoms with Crippen molar-refractivity contribution in [1.29, 1.82) is 5.26 Å². The standard InChI is InChI=1S/C38H46Cl2N4O4Si/c1-37(2,3)48-36(45)44-16-14-38(15-17-44,29-12-10-27(11-13-29)28-9-7-8-26(20-28)23-41)34(24-46-18-19-49(4,5)6)47-25-35-42-32-21-30(39)31(40)22-33(32)43-35/h7-13,20-22,34H,14-19,24-25H2,1-6H3,(H,42,43). The summed E-state index contributed by atoms with van der Waals surface area (Å²) in [5.41, 5.74) is 4.17. The van der Waals surface area contributed by atoms with E-state index in [0.717, 1.165) is 28.3 Å². The number of fused-ring (bicyclic) bond motifs is 1. The van der Waals surface area contributed by atoms with Crippen LogP contribution in [-0.4, -0.2) is 67.0 Å². The Kier molecular flexibility index (Phi) is 11.5. The van der Waals surface area contributed by atoms with Crippen LogP contribution < -0.4 is 0 Å². The molecule has 260 valence electrons. The number of halogens is 2. The molecule has 0 aliphatic carbocycles. The van der Waals surface area contributed by atoms with Crippen LogP contribution >= 0.6 is 23.2 Å². The van der Waals surface area contributed by atoms with Crippen LogP contribution in [0.4, 0.5) is 4.79 Å². The highest BCUT2D eigenvalue weighted by atomic mass is 35.5. The first kappa shape index (κ1) is 36.9. The van der Waals surface area contributed by atoms with Crippen LogP contribution in [0.5, 0.6) is 0 Å². The number of hydrogen-bond acceptors (Lipinski definition) is 6. The number of nitrogens with one attached hydrogen (secondary N) is 1. The summed E-state index contributed by atoms with van der Waals surface area (Å²) in [6, 6.07) is 22.9. The van der Waals surface area contributed by atoms with Gasteiger partial charge in [0.25, 0.3) is 0 Å². The van der Waals surface area contributed by atoms with Crippen LogP contribution in [-0.2, 0) is 26.2 Å². The van der Waals surface area contributed by atoms with E-state index < -0.39 is 19.1 Å². The van der Waals surface area contributed by atoms with Gasteiger partial charge in [0.2, 0.25) is 0 Å². The molecule has 1 unspecified atom stereocenters. The van der Waals surface area contributed by atoms with Crippen molar-refractivity contribution in [2.75, 3.05) is 26.3 Å². The number of carbonyl (C=O) groups excluding carboxylic acids is 1. The predicted octanol–water partition coefficient (Wildman–Crippen LogP) is 9.62. The molecule has 1 amide bonds. The third kappa shape index (κ3) is 9.44. The zero-order valence-corrected chi connectivity index (χ0v) is 31.8. The molecule has 1 saturated heterocycles. The van der Waals surface area contributed by atoms with Crippen molar-refractivity contribution in [3.8, 4) is 17.2 Å². The van der Waals surface area contributed by atoms with E-state index in [9.17, 15) is 10.1 Å². The summed E-state index contributed by atoms with van der Waals surface area (Å²) in [6.07, 6.45) is 0.659. The third-order valence-corrected chi connectivity index (χ3v) is 11.4. The second-order valence-electron chi connectivity index (χ2n) is 15.0. The van der Waals surface area contributed by atoms with Gasteiger partial charge in [-0.1, -0.05) is 79.2 Å². The van der Waals surface area contributed by atoms with E-state index in [1.54, 1.807) is 23.1 Å². The number of carbonyl (C=O) groups is 1. The van der Waals surface area contributed by atoms with Crippen molar-refractivity contribution >= 4 is 48.4 Å². The molecule has 2 heterocycles. The van der Waals surface area contributed by atoms with E-state index in [1.807, 2.05) is 39.0 Å². The van der Waals surface area contributed by atoms with Crippen LogP contribution in [0.15, 0.2) is 60.7 Å². The Balaban J connectivity index is 1.48. The first-order chi connectivity index (χ1) is 23.2. The zero-order chi connectivity index (χ0) is 35.4. The molecule has 0 spiro atoms. The maximum absolute atomic E-state index is 13.1. The summed E-state index contributed by atoms with van der Waals surface area (Å²) < 4.78 is 19.0. The molecule has 1 aliphatic rings. The molecule has 1 aromatic heterocycles. The molecule has 4 aromatic rings. The second kappa shape index (κ2) is 15.2. The van der Waals surface area contributed by atoms with Gasteiger partial charge in [-0.3, -0.25) is 0 Å². The monoisotopic (exact) mass is 720 g/mol. The summed E-state index contributed by atoms with van der Waals surface area (Å²) in [5, 5.41) is 10.3. The largest absolute Gasteiger partial charge is 0.444 e. The average Bonchev–Trinajstić information content (AvgIpc) is 3.44. The lowest BCUT2D eigenvalue weighted by atomic mass is 9.68. The first-order valence-electron chi connectivity index (χ1n) is 16.8. The number of ether oxygens (including phenoxy) is 3. The molecule has 0 radical (unpaired) electrons. The highest BCUT2D eigenvalue weighted by Crippen LogP contribution is 2.42. The number of likely N-dealkylation sites (tertiary alicyclic amines) is 1. The van der Waals surface area contributed by atoms with Gasteiger partial charge in [-0.15, -0.1) is 0 Å². The molecular weight excluding hydrogens is 675 g/mol. The van der Waals surface area contributed by atoms with Crippen molar-refractivity contribution < 1.29 is 19.0 Å². The lowest BCUT2D eigenvalue weighted by Crippen LogP contribution is -2.53. The van der Waals surface area contributed by atoms with Gasteiger partial charge in [0.1, 0.15) is 18.0 Å². The molecule has 11 heteroatoms. The van der Waals surface area contributed by atoms with Crippen LogP contribution in [0, 0.1) is 11.3 Å². The molecule has 5 rings (SSSR count). The quantitative estimate of drug-likeness (QED) is 0.122. The minimum absolute atomic E-state index is 0.225. The molecular formula is C38H46Cl2N4O4Si. The molecule has 1 atom stereocenters. The number of aromatic amines is 1. The van der Waals surface area contributed by atoms with Crippen molar-refractivity contribution in [2.45, 2.75) is 83.0 Å². The number of benzene rings is 3. The average molecular weight is 722 g/mol. The van der Waals surface area contributed by atoms with Gasteiger partial charge < -0.3 is 24.1 Å². The van der Waals surface area contributed by atoms with Crippen molar-refractivity contribution in [1.82, 2.24) is 14.9 Å². The first-order valence-corrected chi connectivity index (χ1v) is 21.2. The Morgan fingerprint density at radius 3 is 2.39 bits per heavy atom. The van der Waals surface area contributed by atoms with E-state index in [2.05, 4.69) is 55.0 Å². The van der Waals surface area contributed by atoms with Gasteiger partial charge in [-0.05, 0) is 80.6 Å². The maximum atomic E-state index is 13.1. The van der Waals surface area contributed by atoms with E-state index in [0.29, 0.717) is 66.1 Å². The Bertz CT molecular complexity index is 1760. The minimum atomic E-state index is -1.32. The molecule has 1 fully saturated rings. The number of rotatable bonds is 11. The molecule has 1 aliphatic heterocycles. The van der Waals surface area contributed by atoms with Gasteiger partial charge in [-0.25, -0.2) is 9.78 Å². The van der Waals surface area contributed by atoms with Gasteiger partial charge in [-0.2, -0.15) is 5.26 Å². The maximum Gasteiger partial charge on any atom is 0.410 e. The van der Waals surface area contributed by atoms with E-state index in [-0.39, 0.29) is 18.8 Å². The molecule has 49 heavy (non-hydrogen) atoms. The number of hydrogen-bond donors (Lipinski definition) is 1. The number of imidazole rings is 1. The summed E-state index contributed by atoms with van der Waals surface area (Å²) in [4.78, 5) is 23.0. The number of aromatic nitrogens is 2. The summed E-state index contributed by atoms with van der Waals surface area (Å²) >= 11 is 12.5. The molecule has 3 aromatic carbocycles. The minimum Gasteiger partial charge on any atom is -0.444 e. The molecule has 0 bridgehead atoms. The SMILES string of the molecule is CC(C)(C)OC(=O)N1CCC(c2ccc(-c3cccc(C#N)c3)cc2)(C(COCC[Si](C)(C)C)OCc2nc3cc(Cl)c(Cl)cc3[nH]2)CC1. The molecule has 0 saturated carbocycles. The zero-order valence-electron chi connectivity index (χ0n) is 29.2. The predicted molar refractivity (Wildman–Crippen MR) is 199 cm³/mol. The van der Waals surface area contributed by atoms with Crippen molar-refractivity contribution in [3.05, 3.63) is 87.7 Å². The van der Waals surface area contributed by atoms with E-state index >= 15 is 0 Å².